The molecule has 4 aliphatic rings. The highest BCUT2D eigenvalue weighted by Crippen LogP contribution is 2.39. The van der Waals surface area contributed by atoms with E-state index >= 15 is 4.79 Å². The van der Waals surface area contributed by atoms with E-state index in [0.717, 1.165) is 81.0 Å². The molecular weight excluding hydrogens is 1050 g/mol. The van der Waals surface area contributed by atoms with Crippen LogP contribution in [0.2, 0.25) is 0 Å². The number of amides is 4. The summed E-state index contributed by atoms with van der Waals surface area (Å²) in [5.41, 5.74) is 4.21. The van der Waals surface area contributed by atoms with Gasteiger partial charge in [0, 0.05) is 49.3 Å². The Bertz CT molecular complexity index is 3180. The van der Waals surface area contributed by atoms with Gasteiger partial charge in [0.15, 0.2) is 27.5 Å². The standard InChI is InChI=1S/C59H80N12O9S/c1-35-36(2)68-69-51(35)67-52-43-27-49(81(76,77)59(6,7)8)47(28-45(43)63-34-64-52)78-33-37-22-24-70(25-23-37)56-61-30-41(31-62-56)79-40-26-46(53(72)65-44-21-15-19-38-16-13-14-20-42(38)44)71(32-40)55(74)50(39-17-11-10-12-18-39)66-54(73)48(29-58(3,4)5)80-57(75)60-9/h13-14,16,20,27-28,30-31,34,37,39-40,44,46,48,50H,10-12,15,17-19,21-26,29,32-33H2,1-9H3,(H,60,75)(H,65,72)(H,66,73)(H2,63,64,67,68,69)/t40-,44+,46-,48-,50-/m0/s1. The number of H-pyrrole nitrogens is 1. The van der Waals surface area contributed by atoms with Crippen LogP contribution in [0.3, 0.4) is 0 Å². The number of nitrogens with one attached hydrogen (secondary N) is 5. The zero-order valence-corrected chi connectivity index (χ0v) is 49.1. The van der Waals surface area contributed by atoms with Crippen LogP contribution in [0, 0.1) is 31.1 Å². The Labute approximate surface area is 475 Å². The number of aromatic nitrogens is 6. The van der Waals surface area contributed by atoms with Gasteiger partial charge in [0.1, 0.15) is 41.0 Å². The van der Waals surface area contributed by atoms with Crippen LogP contribution in [-0.2, 0) is 35.4 Å². The van der Waals surface area contributed by atoms with Gasteiger partial charge in [-0.3, -0.25) is 19.5 Å². The number of sulfone groups is 1. The van der Waals surface area contributed by atoms with Crippen molar-refractivity contribution in [1.82, 2.24) is 51.0 Å². The molecule has 1 saturated carbocycles. The van der Waals surface area contributed by atoms with E-state index in [2.05, 4.69) is 58.5 Å². The van der Waals surface area contributed by atoms with Gasteiger partial charge in [-0.25, -0.2) is 33.1 Å². The fourth-order valence-electron chi connectivity index (χ4n) is 11.5. The first kappa shape index (κ1) is 58.6. The second-order valence-corrected chi connectivity index (χ2v) is 27.2. The summed E-state index contributed by atoms with van der Waals surface area (Å²) in [5, 5.41) is 19.9. The summed E-state index contributed by atoms with van der Waals surface area (Å²) < 4.78 is 45.8. The van der Waals surface area contributed by atoms with Gasteiger partial charge in [0.25, 0.3) is 5.91 Å². The van der Waals surface area contributed by atoms with Gasteiger partial charge in [0.05, 0.1) is 41.9 Å². The molecule has 5 atom stereocenters. The lowest BCUT2D eigenvalue weighted by atomic mass is 9.82. The third-order valence-electron chi connectivity index (χ3n) is 16.3. The Hall–Kier alpha value is -7.10. The maximum atomic E-state index is 15.2. The highest BCUT2D eigenvalue weighted by atomic mass is 32.2. The van der Waals surface area contributed by atoms with Crippen LogP contribution in [0.15, 0.2) is 60.0 Å². The van der Waals surface area contributed by atoms with Crippen molar-refractivity contribution in [2.24, 2.45) is 17.3 Å². The molecule has 0 radical (unpaired) electrons. The summed E-state index contributed by atoms with van der Waals surface area (Å²) in [7, 11) is -2.45. The molecule has 2 aromatic carbocycles. The maximum Gasteiger partial charge on any atom is 0.407 e. The average molecular weight is 1130 g/mol. The first-order valence-electron chi connectivity index (χ1n) is 28.6. The van der Waals surface area contributed by atoms with E-state index in [1.54, 1.807) is 50.2 Å². The van der Waals surface area contributed by atoms with Gasteiger partial charge < -0.3 is 45.3 Å². The monoisotopic (exact) mass is 1130 g/mol. The average Bonchev–Trinajstić information content (AvgIpc) is 4.07. The number of likely N-dealkylation sites (tertiary alicyclic amines) is 1. The van der Waals surface area contributed by atoms with E-state index in [1.165, 1.54) is 18.9 Å². The first-order chi connectivity index (χ1) is 38.6. The fourth-order valence-corrected chi connectivity index (χ4v) is 12.8. The zero-order chi connectivity index (χ0) is 57.8. The number of hydrogen-bond acceptors (Lipinski definition) is 16. The molecule has 2 saturated heterocycles. The van der Waals surface area contributed by atoms with Gasteiger partial charge in [-0.15, -0.1) is 0 Å². The van der Waals surface area contributed by atoms with E-state index in [0.29, 0.717) is 47.3 Å². The van der Waals surface area contributed by atoms with Crippen LogP contribution in [0.5, 0.6) is 11.5 Å². The summed E-state index contributed by atoms with van der Waals surface area (Å²) >= 11 is 0. The topological polar surface area (TPSA) is 265 Å². The van der Waals surface area contributed by atoms with Crippen molar-refractivity contribution in [1.29, 1.82) is 0 Å². The van der Waals surface area contributed by atoms with Crippen LogP contribution < -0.4 is 35.6 Å². The highest BCUT2D eigenvalue weighted by Gasteiger charge is 2.46. The van der Waals surface area contributed by atoms with Gasteiger partial charge in [0.2, 0.25) is 17.8 Å². The van der Waals surface area contributed by atoms with E-state index in [1.807, 2.05) is 46.8 Å². The van der Waals surface area contributed by atoms with Gasteiger partial charge in [-0.05, 0) is 120 Å². The van der Waals surface area contributed by atoms with E-state index < -0.39 is 50.9 Å². The molecule has 0 bridgehead atoms. The summed E-state index contributed by atoms with van der Waals surface area (Å²) in [6.45, 7) is 16.3. The number of aromatic amines is 1. The lowest BCUT2D eigenvalue weighted by Crippen LogP contribution is -2.58. The van der Waals surface area contributed by atoms with E-state index in [-0.39, 0.29) is 71.7 Å². The van der Waals surface area contributed by atoms with Crippen LogP contribution in [0.1, 0.15) is 141 Å². The molecule has 4 amide bonds. The molecule has 0 spiro atoms. The SMILES string of the molecule is CNC(=O)O[C@@H](CC(C)(C)C)C(=O)N[C@H](C(=O)N1C[C@@H](Oc2cnc(N3CCC(COc4cc5ncnc(Nc6n[nH]c(C)c6C)c5cc4S(=O)(=O)C(C)(C)C)CC3)nc2)C[C@H]1C(=O)N[C@@H]1CCCc2ccccc21)C1CCCCC1. The Morgan fingerprint density at radius 3 is 2.28 bits per heavy atom. The van der Waals surface area contributed by atoms with Crippen LogP contribution in [-0.4, -0.2) is 130 Å². The lowest BCUT2D eigenvalue weighted by Gasteiger charge is -2.36. The van der Waals surface area contributed by atoms with Crippen molar-refractivity contribution in [3.8, 4) is 11.5 Å². The zero-order valence-electron chi connectivity index (χ0n) is 48.3. The number of piperidine rings is 1. The first-order valence-corrected chi connectivity index (χ1v) is 30.1. The Balaban J connectivity index is 0.880. The molecule has 2 aliphatic carbocycles. The molecular formula is C59H80N12O9S. The van der Waals surface area contributed by atoms with Crippen molar-refractivity contribution in [3.05, 3.63) is 77.5 Å². The minimum Gasteiger partial charge on any atom is -0.492 e. The largest absolute Gasteiger partial charge is 0.492 e. The van der Waals surface area contributed by atoms with Gasteiger partial charge in [-0.1, -0.05) is 64.3 Å². The number of alkyl carbamates (subject to hydrolysis) is 1. The minimum absolute atomic E-state index is 0.0631. The van der Waals surface area contributed by atoms with Crippen molar-refractivity contribution < 1.29 is 41.8 Å². The quantitative estimate of drug-likeness (QED) is 0.0588. The third kappa shape index (κ3) is 13.6. The fraction of sp³-hybridized carbons (Fsp3) is 0.576. The van der Waals surface area contributed by atoms with Crippen molar-refractivity contribution in [2.45, 2.75) is 172 Å². The molecule has 436 valence electrons. The number of ether oxygens (including phenoxy) is 3. The molecule has 81 heavy (non-hydrogen) atoms. The highest BCUT2D eigenvalue weighted by molar-refractivity contribution is 7.92. The Kier molecular flexibility index (Phi) is 17.7. The molecule has 5 N–H and O–H groups in total. The maximum absolute atomic E-state index is 15.2. The number of carbonyl (C=O) groups is 4. The summed E-state index contributed by atoms with van der Waals surface area (Å²) in [5.74, 6) is 0.831. The smallest absolute Gasteiger partial charge is 0.407 e. The number of anilines is 3. The Morgan fingerprint density at radius 2 is 1.60 bits per heavy atom. The second-order valence-electron chi connectivity index (χ2n) is 24.5. The number of aryl methyl sites for hydroxylation is 2. The summed E-state index contributed by atoms with van der Waals surface area (Å²) in [4.78, 5) is 78.7. The molecule has 9 rings (SSSR count). The normalized spacial score (nSPS) is 20.0. The minimum atomic E-state index is -3.88. The number of hydrogen-bond donors (Lipinski definition) is 5. The van der Waals surface area contributed by atoms with Crippen LogP contribution in [0.4, 0.5) is 22.4 Å². The summed E-state index contributed by atoms with van der Waals surface area (Å²) in [6, 6.07) is 9.31. The van der Waals surface area contributed by atoms with E-state index in [9.17, 15) is 22.8 Å². The number of fused-ring (bicyclic) bond motifs is 2. The van der Waals surface area contributed by atoms with Crippen molar-refractivity contribution in [3.63, 3.8) is 0 Å². The number of rotatable bonds is 17. The van der Waals surface area contributed by atoms with Gasteiger partial charge >= 0.3 is 6.09 Å². The third-order valence-corrected chi connectivity index (χ3v) is 18.8. The second kappa shape index (κ2) is 24.5. The predicted molar refractivity (Wildman–Crippen MR) is 307 cm³/mol. The molecule has 22 heteroatoms. The molecule has 21 nitrogen and oxygen atoms in total. The van der Waals surface area contributed by atoms with Crippen LogP contribution in [0.25, 0.3) is 10.9 Å². The lowest BCUT2D eigenvalue weighted by molar-refractivity contribution is -0.145. The number of benzene rings is 2. The molecule has 5 heterocycles. The molecule has 0 unspecified atom stereocenters. The van der Waals surface area contributed by atoms with Gasteiger partial charge in [-0.2, -0.15) is 5.10 Å². The predicted octanol–water partition coefficient (Wildman–Crippen LogP) is 8.14. The van der Waals surface area contributed by atoms with Crippen LogP contribution >= 0.6 is 0 Å². The number of carbonyl (C=O) groups excluding carboxylic acids is 4. The summed E-state index contributed by atoms with van der Waals surface area (Å²) in [6.07, 6.45) is 10.9. The molecule has 3 fully saturated rings. The number of nitrogens with zero attached hydrogens (tertiary/aromatic N) is 7. The molecule has 2 aliphatic heterocycles. The molecule has 5 aromatic rings. The van der Waals surface area contributed by atoms with E-state index in [4.69, 9.17) is 24.2 Å². The van der Waals surface area contributed by atoms with Crippen molar-refractivity contribution in [2.75, 3.05) is 43.5 Å². The molecule has 3 aromatic heterocycles. The Morgan fingerprint density at radius 1 is 0.877 bits per heavy atom. The van der Waals surface area contributed by atoms with Crippen molar-refractivity contribution >= 4 is 62.1 Å².